The van der Waals surface area contributed by atoms with Crippen molar-refractivity contribution in [2.24, 2.45) is 11.8 Å². The summed E-state index contributed by atoms with van der Waals surface area (Å²) in [5.41, 5.74) is 2.69. The molecule has 1 heteroatoms. The third-order valence-corrected chi connectivity index (χ3v) is 2.97. The summed E-state index contributed by atoms with van der Waals surface area (Å²) in [6.45, 7) is 6.66. The zero-order valence-corrected chi connectivity index (χ0v) is 7.65. The van der Waals surface area contributed by atoms with Crippen molar-refractivity contribution < 1.29 is 0 Å². The molecule has 1 aliphatic carbocycles. The largest absolute Gasteiger partial charge is 0.308 e. The first-order valence-electron chi connectivity index (χ1n) is 4.37. The van der Waals surface area contributed by atoms with E-state index in [9.17, 15) is 0 Å². The molecule has 1 nitrogen and oxygen atoms in total. The molecule has 1 rings (SSSR count). The highest BCUT2D eigenvalue weighted by Gasteiger charge is 2.21. The minimum atomic E-state index is 0.598. The van der Waals surface area contributed by atoms with E-state index in [-0.39, 0.29) is 0 Å². The van der Waals surface area contributed by atoms with Gasteiger partial charge in [-0.1, -0.05) is 19.4 Å². The Kier molecular flexibility index (Phi) is 2.48. The van der Waals surface area contributed by atoms with Crippen molar-refractivity contribution in [1.82, 2.24) is 0 Å². The van der Waals surface area contributed by atoms with Crippen LogP contribution in [0.15, 0.2) is 11.1 Å². The maximum atomic E-state index is 7.27. The van der Waals surface area contributed by atoms with Gasteiger partial charge in [0.1, 0.15) is 0 Å². The van der Waals surface area contributed by atoms with Crippen LogP contribution in [0.1, 0.15) is 33.6 Å². The van der Waals surface area contributed by atoms with Gasteiger partial charge in [-0.15, -0.1) is 0 Å². The number of hydrogen-bond acceptors (Lipinski definition) is 1. The first kappa shape index (κ1) is 8.51. The molecular formula is C10H17N. The first-order chi connectivity index (χ1) is 5.16. The van der Waals surface area contributed by atoms with Crippen molar-refractivity contribution in [3.63, 3.8) is 0 Å². The lowest BCUT2D eigenvalue weighted by Gasteiger charge is -2.27. The quantitative estimate of drug-likeness (QED) is 0.557. The summed E-state index contributed by atoms with van der Waals surface area (Å²) in [6, 6.07) is 0. The summed E-state index contributed by atoms with van der Waals surface area (Å²) in [6.07, 6.45) is 4.02. The van der Waals surface area contributed by atoms with Crippen molar-refractivity contribution in [3.05, 3.63) is 11.1 Å². The van der Waals surface area contributed by atoms with Gasteiger partial charge in [-0.25, -0.2) is 0 Å². The summed E-state index contributed by atoms with van der Waals surface area (Å²) in [5.74, 6) is 1.36. The molecule has 62 valence electrons. The molecule has 0 aromatic heterocycles. The molecule has 1 N–H and O–H groups in total. The Hall–Kier alpha value is -0.590. The fourth-order valence-corrected chi connectivity index (χ4v) is 1.79. The SMILES string of the molecule is CC1=C(C=N)C(C)C(C)CC1. The van der Waals surface area contributed by atoms with Crippen LogP contribution in [0, 0.1) is 17.2 Å². The second-order valence-corrected chi connectivity index (χ2v) is 3.68. The lowest BCUT2D eigenvalue weighted by atomic mass is 9.78. The fraction of sp³-hybridized carbons (Fsp3) is 0.700. The average Bonchev–Trinajstić information content (AvgIpc) is 1.99. The Morgan fingerprint density at radius 3 is 2.55 bits per heavy atom. The molecule has 0 aromatic carbocycles. The Morgan fingerprint density at radius 2 is 2.09 bits per heavy atom. The van der Waals surface area contributed by atoms with Crippen molar-refractivity contribution in [3.8, 4) is 0 Å². The van der Waals surface area contributed by atoms with Gasteiger partial charge in [-0.3, -0.25) is 0 Å². The molecule has 0 amide bonds. The summed E-state index contributed by atoms with van der Waals surface area (Å²) in [4.78, 5) is 0. The van der Waals surface area contributed by atoms with Crippen molar-refractivity contribution >= 4 is 6.21 Å². The van der Waals surface area contributed by atoms with E-state index in [0.717, 1.165) is 5.92 Å². The highest BCUT2D eigenvalue weighted by Crippen LogP contribution is 2.32. The minimum Gasteiger partial charge on any atom is -0.308 e. The minimum absolute atomic E-state index is 0.598. The molecule has 11 heavy (non-hydrogen) atoms. The van der Waals surface area contributed by atoms with E-state index in [1.54, 1.807) is 0 Å². The van der Waals surface area contributed by atoms with Crippen LogP contribution in [0.5, 0.6) is 0 Å². The number of nitrogens with one attached hydrogen (secondary N) is 1. The standard InChI is InChI=1S/C10H17N/c1-7-4-5-8(2)10(6-11)9(7)3/h6-7,9,11H,4-5H2,1-3H3. The Morgan fingerprint density at radius 1 is 1.45 bits per heavy atom. The van der Waals surface area contributed by atoms with Crippen LogP contribution in [-0.2, 0) is 0 Å². The molecule has 0 heterocycles. The van der Waals surface area contributed by atoms with E-state index in [4.69, 9.17) is 5.41 Å². The van der Waals surface area contributed by atoms with E-state index in [1.807, 2.05) is 0 Å². The van der Waals surface area contributed by atoms with Crippen LogP contribution in [-0.4, -0.2) is 6.21 Å². The van der Waals surface area contributed by atoms with Gasteiger partial charge in [0, 0.05) is 6.21 Å². The van der Waals surface area contributed by atoms with E-state index < -0.39 is 0 Å². The number of rotatable bonds is 1. The topological polar surface area (TPSA) is 23.9 Å². The van der Waals surface area contributed by atoms with Crippen LogP contribution in [0.2, 0.25) is 0 Å². The van der Waals surface area contributed by atoms with Crippen LogP contribution in [0.3, 0.4) is 0 Å². The first-order valence-corrected chi connectivity index (χ1v) is 4.37. The predicted octanol–water partition coefficient (Wildman–Crippen LogP) is 3.02. The van der Waals surface area contributed by atoms with Crippen molar-refractivity contribution in [2.45, 2.75) is 33.6 Å². The van der Waals surface area contributed by atoms with Gasteiger partial charge < -0.3 is 5.41 Å². The summed E-state index contributed by atoms with van der Waals surface area (Å²) in [5, 5.41) is 7.27. The monoisotopic (exact) mass is 151 g/mol. The fourth-order valence-electron chi connectivity index (χ4n) is 1.79. The molecule has 0 saturated heterocycles. The maximum absolute atomic E-state index is 7.27. The molecule has 2 unspecified atom stereocenters. The summed E-state index contributed by atoms with van der Waals surface area (Å²) in [7, 11) is 0. The third-order valence-electron chi connectivity index (χ3n) is 2.97. The molecule has 0 saturated carbocycles. The average molecular weight is 151 g/mol. The van der Waals surface area contributed by atoms with Crippen LogP contribution in [0.25, 0.3) is 0 Å². The lowest BCUT2D eigenvalue weighted by Crippen LogP contribution is -2.17. The third kappa shape index (κ3) is 1.52. The van der Waals surface area contributed by atoms with Gasteiger partial charge in [0.25, 0.3) is 0 Å². The van der Waals surface area contributed by atoms with Gasteiger partial charge in [0.2, 0.25) is 0 Å². The van der Waals surface area contributed by atoms with E-state index in [1.165, 1.54) is 30.2 Å². The van der Waals surface area contributed by atoms with Crippen LogP contribution >= 0.6 is 0 Å². The highest BCUT2D eigenvalue weighted by atomic mass is 14.4. The van der Waals surface area contributed by atoms with E-state index >= 15 is 0 Å². The normalized spacial score (nSPS) is 32.3. The van der Waals surface area contributed by atoms with Crippen molar-refractivity contribution in [2.75, 3.05) is 0 Å². The molecule has 1 aliphatic rings. The van der Waals surface area contributed by atoms with Gasteiger partial charge >= 0.3 is 0 Å². The van der Waals surface area contributed by atoms with Gasteiger partial charge in [0.15, 0.2) is 0 Å². The molecule has 0 aliphatic heterocycles. The predicted molar refractivity (Wildman–Crippen MR) is 49.0 cm³/mol. The molecular weight excluding hydrogens is 134 g/mol. The zero-order chi connectivity index (χ0) is 8.43. The molecule has 0 spiro atoms. The smallest absolute Gasteiger partial charge is 0.0212 e. The van der Waals surface area contributed by atoms with Gasteiger partial charge in [0.05, 0.1) is 0 Å². The highest BCUT2D eigenvalue weighted by molar-refractivity contribution is 5.77. The summed E-state index contributed by atoms with van der Waals surface area (Å²) >= 11 is 0. The molecule has 0 fully saturated rings. The molecule has 0 bridgehead atoms. The maximum Gasteiger partial charge on any atom is 0.0212 e. The lowest BCUT2D eigenvalue weighted by molar-refractivity contribution is 0.395. The van der Waals surface area contributed by atoms with E-state index in [0.29, 0.717) is 5.92 Å². The Bertz CT molecular complexity index is 191. The Labute approximate surface area is 69.0 Å². The molecule has 2 atom stereocenters. The van der Waals surface area contributed by atoms with Crippen LogP contribution < -0.4 is 0 Å². The second-order valence-electron chi connectivity index (χ2n) is 3.68. The van der Waals surface area contributed by atoms with E-state index in [2.05, 4.69) is 20.8 Å². The Balaban J connectivity index is 2.88. The van der Waals surface area contributed by atoms with Gasteiger partial charge in [-0.05, 0) is 37.2 Å². The molecule has 0 radical (unpaired) electrons. The number of allylic oxidation sites excluding steroid dienone is 2. The zero-order valence-electron chi connectivity index (χ0n) is 7.65. The van der Waals surface area contributed by atoms with Crippen molar-refractivity contribution in [1.29, 1.82) is 5.41 Å². The second kappa shape index (κ2) is 3.21. The summed E-state index contributed by atoms with van der Waals surface area (Å²) < 4.78 is 0. The van der Waals surface area contributed by atoms with Gasteiger partial charge in [-0.2, -0.15) is 0 Å². The van der Waals surface area contributed by atoms with Crippen LogP contribution in [0.4, 0.5) is 0 Å². The molecule has 0 aromatic rings. The number of hydrogen-bond donors (Lipinski definition) is 1.